The number of hydrogen-bond donors (Lipinski definition) is 2. The van der Waals surface area contributed by atoms with E-state index in [1.54, 1.807) is 6.33 Å². The predicted molar refractivity (Wildman–Crippen MR) is 113 cm³/mol. The molecule has 0 spiro atoms. The molecule has 3 aromatic heterocycles. The van der Waals surface area contributed by atoms with Crippen molar-refractivity contribution >= 4 is 33.7 Å². The van der Waals surface area contributed by atoms with Crippen molar-refractivity contribution in [3.8, 4) is 17.0 Å². The first-order chi connectivity index (χ1) is 14.3. The Bertz CT molecular complexity index is 1300. The molecule has 0 aliphatic heterocycles. The zero-order valence-electron chi connectivity index (χ0n) is 15.8. The molecule has 29 heavy (non-hydrogen) atoms. The van der Waals surface area contributed by atoms with Crippen LogP contribution in [0.2, 0.25) is 0 Å². The summed E-state index contributed by atoms with van der Waals surface area (Å²) in [6.07, 6.45) is 3.42. The maximum absolute atomic E-state index is 5.62. The van der Waals surface area contributed by atoms with Gasteiger partial charge in [-0.05, 0) is 42.3 Å². The average Bonchev–Trinajstić information content (AvgIpc) is 3.23. The van der Waals surface area contributed by atoms with Crippen molar-refractivity contribution in [2.45, 2.75) is 6.92 Å². The van der Waals surface area contributed by atoms with E-state index < -0.39 is 0 Å². The third kappa shape index (κ3) is 3.23. The number of aromatic amines is 1. The number of ether oxygens (including phenoxy) is 1. The lowest BCUT2D eigenvalue weighted by Crippen LogP contribution is -2.02. The monoisotopic (exact) mass is 382 g/mol. The van der Waals surface area contributed by atoms with Crippen LogP contribution in [0.15, 0.2) is 67.1 Å². The molecular weight excluding hydrogens is 364 g/mol. The van der Waals surface area contributed by atoms with Crippen molar-refractivity contribution < 1.29 is 4.74 Å². The number of pyridine rings is 1. The van der Waals surface area contributed by atoms with Crippen LogP contribution < -0.4 is 10.1 Å². The topological polar surface area (TPSA) is 88.6 Å². The van der Waals surface area contributed by atoms with Gasteiger partial charge in [-0.15, -0.1) is 0 Å². The fourth-order valence-corrected chi connectivity index (χ4v) is 3.33. The van der Waals surface area contributed by atoms with Gasteiger partial charge in [0.1, 0.15) is 0 Å². The Hall–Kier alpha value is -4.00. The molecule has 0 unspecified atom stereocenters. The number of rotatable bonds is 5. The average molecular weight is 382 g/mol. The minimum absolute atomic E-state index is 0.440. The number of anilines is 2. The van der Waals surface area contributed by atoms with Crippen LogP contribution in [-0.2, 0) is 0 Å². The number of imidazole rings is 1. The van der Waals surface area contributed by atoms with Crippen LogP contribution in [0.3, 0.4) is 0 Å². The second-order valence-corrected chi connectivity index (χ2v) is 6.47. The van der Waals surface area contributed by atoms with E-state index in [0.29, 0.717) is 29.6 Å². The third-order valence-electron chi connectivity index (χ3n) is 4.61. The molecule has 3 heterocycles. The zero-order chi connectivity index (χ0) is 19.6. The predicted octanol–water partition coefficient (Wildman–Crippen LogP) is 4.71. The van der Waals surface area contributed by atoms with Crippen LogP contribution in [0.1, 0.15) is 6.92 Å². The first-order valence-corrected chi connectivity index (χ1v) is 9.37. The largest absolute Gasteiger partial charge is 0.476 e. The molecule has 0 saturated carbocycles. The number of aromatic nitrogens is 5. The van der Waals surface area contributed by atoms with E-state index in [0.717, 1.165) is 27.7 Å². The summed E-state index contributed by atoms with van der Waals surface area (Å²) in [7, 11) is 0. The van der Waals surface area contributed by atoms with Crippen LogP contribution in [0.5, 0.6) is 5.88 Å². The van der Waals surface area contributed by atoms with Crippen molar-refractivity contribution in [3.05, 3.63) is 67.1 Å². The number of H-pyrrole nitrogens is 1. The third-order valence-corrected chi connectivity index (χ3v) is 4.61. The molecule has 0 radical (unpaired) electrons. The van der Waals surface area contributed by atoms with Crippen LogP contribution in [0.4, 0.5) is 11.6 Å². The summed E-state index contributed by atoms with van der Waals surface area (Å²) in [5.74, 6) is 0.892. The summed E-state index contributed by atoms with van der Waals surface area (Å²) in [5.41, 5.74) is 5.30. The van der Waals surface area contributed by atoms with Crippen molar-refractivity contribution in [2.75, 3.05) is 11.9 Å². The molecule has 0 aliphatic rings. The minimum Gasteiger partial charge on any atom is -0.476 e. The van der Waals surface area contributed by atoms with Gasteiger partial charge in [0.05, 0.1) is 18.5 Å². The lowest BCUT2D eigenvalue weighted by molar-refractivity contribution is 0.331. The van der Waals surface area contributed by atoms with Gasteiger partial charge in [0.2, 0.25) is 11.8 Å². The minimum atomic E-state index is 0.440. The fourth-order valence-electron chi connectivity index (χ4n) is 3.33. The lowest BCUT2D eigenvalue weighted by atomic mass is 10.0. The summed E-state index contributed by atoms with van der Waals surface area (Å²) in [6.45, 7) is 2.41. The molecule has 0 saturated heterocycles. The Morgan fingerprint density at radius 3 is 2.76 bits per heavy atom. The Kier molecular flexibility index (Phi) is 4.25. The number of nitrogens with zero attached hydrogens (tertiary/aromatic N) is 4. The number of nitrogens with one attached hydrogen (secondary N) is 2. The molecule has 7 nitrogen and oxygen atoms in total. The van der Waals surface area contributed by atoms with E-state index in [2.05, 4.69) is 48.4 Å². The fraction of sp³-hybridized carbons (Fsp3) is 0.0909. The Morgan fingerprint density at radius 2 is 1.90 bits per heavy atom. The van der Waals surface area contributed by atoms with Crippen LogP contribution in [-0.4, -0.2) is 31.5 Å². The smallest absolute Gasteiger partial charge is 0.247 e. The maximum atomic E-state index is 5.62. The molecule has 7 heteroatoms. The number of fused-ring (bicyclic) bond motifs is 2. The Morgan fingerprint density at radius 1 is 1.00 bits per heavy atom. The Balaban J connectivity index is 1.57. The van der Waals surface area contributed by atoms with Gasteiger partial charge >= 0.3 is 0 Å². The highest BCUT2D eigenvalue weighted by Crippen LogP contribution is 2.30. The highest BCUT2D eigenvalue weighted by atomic mass is 16.5. The number of hydrogen-bond acceptors (Lipinski definition) is 6. The molecule has 0 amide bonds. The van der Waals surface area contributed by atoms with Gasteiger partial charge in [-0.1, -0.05) is 30.3 Å². The molecule has 0 atom stereocenters. The zero-order valence-corrected chi connectivity index (χ0v) is 15.8. The van der Waals surface area contributed by atoms with Crippen molar-refractivity contribution in [3.63, 3.8) is 0 Å². The van der Waals surface area contributed by atoms with Crippen molar-refractivity contribution in [1.82, 2.24) is 24.9 Å². The first kappa shape index (κ1) is 17.1. The molecule has 0 bridgehead atoms. The SMILES string of the molecule is CCOc1nc(Nc2ccc3nccc(-c4ccccc4)c3c2)nc2[nH]cnc12. The quantitative estimate of drug-likeness (QED) is 0.458. The van der Waals surface area contributed by atoms with Gasteiger partial charge in [-0.25, -0.2) is 4.98 Å². The molecule has 0 fully saturated rings. The molecule has 5 aromatic rings. The van der Waals surface area contributed by atoms with Gasteiger partial charge in [-0.3, -0.25) is 4.98 Å². The highest BCUT2D eigenvalue weighted by Gasteiger charge is 2.12. The summed E-state index contributed by atoms with van der Waals surface area (Å²) in [4.78, 5) is 20.7. The summed E-state index contributed by atoms with van der Waals surface area (Å²) >= 11 is 0. The molecule has 0 aliphatic carbocycles. The first-order valence-electron chi connectivity index (χ1n) is 9.37. The van der Waals surface area contributed by atoms with E-state index >= 15 is 0 Å². The van der Waals surface area contributed by atoms with Crippen LogP contribution >= 0.6 is 0 Å². The normalized spacial score (nSPS) is 11.1. The van der Waals surface area contributed by atoms with Gasteiger partial charge in [0, 0.05) is 17.3 Å². The number of benzene rings is 2. The van der Waals surface area contributed by atoms with E-state index in [1.165, 1.54) is 0 Å². The second-order valence-electron chi connectivity index (χ2n) is 6.47. The lowest BCUT2D eigenvalue weighted by Gasteiger charge is -2.10. The van der Waals surface area contributed by atoms with Gasteiger partial charge < -0.3 is 15.0 Å². The molecule has 142 valence electrons. The van der Waals surface area contributed by atoms with Crippen molar-refractivity contribution in [2.24, 2.45) is 0 Å². The molecule has 2 N–H and O–H groups in total. The van der Waals surface area contributed by atoms with Crippen molar-refractivity contribution in [1.29, 1.82) is 0 Å². The van der Waals surface area contributed by atoms with Gasteiger partial charge in [0.15, 0.2) is 11.2 Å². The van der Waals surface area contributed by atoms with Crippen LogP contribution in [0.25, 0.3) is 33.2 Å². The molecular formula is C22H18N6O. The van der Waals surface area contributed by atoms with E-state index in [1.807, 2.05) is 49.5 Å². The van der Waals surface area contributed by atoms with E-state index in [4.69, 9.17) is 4.74 Å². The second kappa shape index (κ2) is 7.20. The maximum Gasteiger partial charge on any atom is 0.247 e. The highest BCUT2D eigenvalue weighted by molar-refractivity contribution is 5.96. The summed E-state index contributed by atoms with van der Waals surface area (Å²) in [5, 5.41) is 4.33. The standard InChI is InChI=1S/C22H18N6O/c1-2-29-21-19-20(25-13-24-19)27-22(28-21)26-15-8-9-18-17(12-15)16(10-11-23-18)14-6-4-3-5-7-14/h3-13H,2H2,1H3,(H2,24,25,26,27,28). The van der Waals surface area contributed by atoms with E-state index in [9.17, 15) is 0 Å². The molecule has 2 aromatic carbocycles. The Labute approximate surface area is 166 Å². The molecule has 5 rings (SSSR count). The van der Waals surface area contributed by atoms with Gasteiger partial charge in [0.25, 0.3) is 0 Å². The van der Waals surface area contributed by atoms with Gasteiger partial charge in [-0.2, -0.15) is 9.97 Å². The van der Waals surface area contributed by atoms with E-state index in [-0.39, 0.29) is 0 Å². The summed E-state index contributed by atoms with van der Waals surface area (Å²) in [6, 6.07) is 18.3. The summed E-state index contributed by atoms with van der Waals surface area (Å²) < 4.78 is 5.62. The van der Waals surface area contributed by atoms with Crippen LogP contribution in [0, 0.1) is 0 Å².